The van der Waals surface area contributed by atoms with E-state index in [1.165, 1.54) is 25.0 Å². The van der Waals surface area contributed by atoms with Crippen molar-refractivity contribution in [3.63, 3.8) is 0 Å². The van der Waals surface area contributed by atoms with Gasteiger partial charge in [-0.15, -0.1) is 0 Å². The average molecular weight is 271 g/mol. The van der Waals surface area contributed by atoms with Crippen LogP contribution < -0.4 is 0 Å². The second-order valence-electron chi connectivity index (χ2n) is 5.26. The highest BCUT2D eigenvalue weighted by molar-refractivity contribution is 5.41. The topological polar surface area (TPSA) is 23.5 Å². The first kappa shape index (κ1) is 13.1. The van der Waals surface area contributed by atoms with Crippen molar-refractivity contribution < 1.29 is 9.50 Å². The summed E-state index contributed by atoms with van der Waals surface area (Å²) in [5, 5.41) is 10.2. The number of phenolic OH excluding ortho intramolecular Hbond substituents is 1. The Hall–Kier alpha value is -1.87. The van der Waals surface area contributed by atoms with Crippen LogP contribution in [0.15, 0.2) is 48.5 Å². The third-order valence-electron chi connectivity index (χ3n) is 3.92. The zero-order valence-corrected chi connectivity index (χ0v) is 11.3. The lowest BCUT2D eigenvalue weighted by Gasteiger charge is -2.29. The van der Waals surface area contributed by atoms with Crippen molar-refractivity contribution in [2.75, 3.05) is 13.1 Å². The molecule has 0 spiro atoms. The van der Waals surface area contributed by atoms with E-state index in [1.54, 1.807) is 6.07 Å². The van der Waals surface area contributed by atoms with E-state index in [4.69, 9.17) is 0 Å². The number of halogens is 1. The monoisotopic (exact) mass is 271 g/mol. The normalized spacial score (nSPS) is 17.2. The van der Waals surface area contributed by atoms with Crippen LogP contribution in [0.2, 0.25) is 0 Å². The Morgan fingerprint density at radius 3 is 2.25 bits per heavy atom. The van der Waals surface area contributed by atoms with Gasteiger partial charge in [0.15, 0.2) is 0 Å². The summed E-state index contributed by atoms with van der Waals surface area (Å²) in [6.45, 7) is 2.02. The number of para-hydroxylation sites is 1. The second-order valence-corrected chi connectivity index (χ2v) is 5.26. The molecule has 0 saturated carbocycles. The van der Waals surface area contributed by atoms with E-state index in [-0.39, 0.29) is 11.9 Å². The van der Waals surface area contributed by atoms with Crippen molar-refractivity contribution in [1.29, 1.82) is 0 Å². The lowest BCUT2D eigenvalue weighted by molar-refractivity contribution is 0.275. The summed E-state index contributed by atoms with van der Waals surface area (Å²) in [7, 11) is 0. The predicted molar refractivity (Wildman–Crippen MR) is 77.2 cm³/mol. The average Bonchev–Trinajstić information content (AvgIpc) is 2.97. The maximum Gasteiger partial charge on any atom is 0.123 e. The Labute approximate surface area is 118 Å². The molecule has 1 fully saturated rings. The number of phenols is 1. The Morgan fingerprint density at radius 2 is 1.60 bits per heavy atom. The summed E-state index contributed by atoms with van der Waals surface area (Å²) in [5.41, 5.74) is 1.91. The van der Waals surface area contributed by atoms with E-state index in [9.17, 15) is 9.50 Å². The van der Waals surface area contributed by atoms with Gasteiger partial charge in [-0.2, -0.15) is 0 Å². The van der Waals surface area contributed by atoms with Gasteiger partial charge in [-0.3, -0.25) is 4.90 Å². The zero-order valence-electron chi connectivity index (χ0n) is 11.3. The van der Waals surface area contributed by atoms with Gasteiger partial charge < -0.3 is 5.11 Å². The smallest absolute Gasteiger partial charge is 0.123 e. The number of hydrogen-bond donors (Lipinski definition) is 1. The molecule has 2 aromatic rings. The van der Waals surface area contributed by atoms with E-state index in [0.29, 0.717) is 5.75 Å². The second kappa shape index (κ2) is 5.63. The number of rotatable bonds is 3. The number of aromatic hydroxyl groups is 1. The van der Waals surface area contributed by atoms with Crippen LogP contribution in [0.3, 0.4) is 0 Å². The lowest BCUT2D eigenvalue weighted by atomic mass is 9.96. The Morgan fingerprint density at radius 1 is 0.950 bits per heavy atom. The van der Waals surface area contributed by atoms with E-state index >= 15 is 0 Å². The van der Waals surface area contributed by atoms with Crippen LogP contribution in [-0.2, 0) is 0 Å². The molecule has 1 saturated heterocycles. The third kappa shape index (κ3) is 2.54. The maximum absolute atomic E-state index is 13.1. The first-order valence-electron chi connectivity index (χ1n) is 7.03. The summed E-state index contributed by atoms with van der Waals surface area (Å²) in [4.78, 5) is 2.35. The minimum Gasteiger partial charge on any atom is -0.508 e. The molecule has 1 N–H and O–H groups in total. The van der Waals surface area contributed by atoms with Crippen molar-refractivity contribution in [3.8, 4) is 5.75 Å². The summed E-state index contributed by atoms with van der Waals surface area (Å²) in [5.74, 6) is 0.0694. The molecule has 0 radical (unpaired) electrons. The summed E-state index contributed by atoms with van der Waals surface area (Å²) in [6.07, 6.45) is 2.34. The van der Waals surface area contributed by atoms with Gasteiger partial charge in [0.1, 0.15) is 11.6 Å². The predicted octanol–water partition coefficient (Wildman–Crippen LogP) is 3.72. The fraction of sp³-hybridized carbons (Fsp3) is 0.294. The quantitative estimate of drug-likeness (QED) is 0.919. The number of hydrogen-bond acceptors (Lipinski definition) is 2. The molecule has 2 nitrogen and oxygen atoms in total. The largest absolute Gasteiger partial charge is 0.508 e. The van der Waals surface area contributed by atoms with Gasteiger partial charge in [-0.05, 0) is 49.7 Å². The van der Waals surface area contributed by atoms with Crippen molar-refractivity contribution >= 4 is 0 Å². The molecule has 0 amide bonds. The van der Waals surface area contributed by atoms with E-state index in [1.807, 2.05) is 30.3 Å². The van der Waals surface area contributed by atoms with Crippen LogP contribution in [-0.4, -0.2) is 23.1 Å². The lowest BCUT2D eigenvalue weighted by Crippen LogP contribution is -2.26. The summed E-state index contributed by atoms with van der Waals surface area (Å²) >= 11 is 0. The van der Waals surface area contributed by atoms with Crippen LogP contribution in [0.4, 0.5) is 4.39 Å². The number of benzene rings is 2. The molecular formula is C17H18FNO. The van der Waals surface area contributed by atoms with Gasteiger partial charge in [0.05, 0.1) is 6.04 Å². The van der Waals surface area contributed by atoms with Crippen LogP contribution in [0.1, 0.15) is 30.0 Å². The molecule has 0 aromatic heterocycles. The van der Waals surface area contributed by atoms with Crippen LogP contribution in [0.25, 0.3) is 0 Å². The van der Waals surface area contributed by atoms with Gasteiger partial charge in [0.2, 0.25) is 0 Å². The highest BCUT2D eigenvalue weighted by Gasteiger charge is 2.26. The molecule has 0 aliphatic carbocycles. The Kier molecular flexibility index (Phi) is 3.70. The molecule has 2 aromatic carbocycles. The molecule has 1 aliphatic heterocycles. The fourth-order valence-electron chi connectivity index (χ4n) is 2.95. The van der Waals surface area contributed by atoms with Crippen molar-refractivity contribution in [2.24, 2.45) is 0 Å². The number of likely N-dealkylation sites (tertiary alicyclic amines) is 1. The molecular weight excluding hydrogens is 253 g/mol. The van der Waals surface area contributed by atoms with Crippen molar-refractivity contribution in [1.82, 2.24) is 4.90 Å². The van der Waals surface area contributed by atoms with Crippen LogP contribution in [0.5, 0.6) is 5.75 Å². The molecule has 0 bridgehead atoms. The highest BCUT2D eigenvalue weighted by atomic mass is 19.1. The van der Waals surface area contributed by atoms with E-state index < -0.39 is 0 Å². The Bertz CT molecular complexity index is 576. The maximum atomic E-state index is 13.1. The van der Waals surface area contributed by atoms with Gasteiger partial charge in [0, 0.05) is 5.56 Å². The first-order valence-corrected chi connectivity index (χ1v) is 7.03. The van der Waals surface area contributed by atoms with Gasteiger partial charge >= 0.3 is 0 Å². The van der Waals surface area contributed by atoms with Crippen molar-refractivity contribution in [3.05, 3.63) is 65.5 Å². The number of nitrogens with zero attached hydrogens (tertiary/aromatic N) is 1. The summed E-state index contributed by atoms with van der Waals surface area (Å²) in [6, 6.07) is 14.0. The van der Waals surface area contributed by atoms with Gasteiger partial charge in [-0.25, -0.2) is 4.39 Å². The molecule has 1 unspecified atom stereocenters. The van der Waals surface area contributed by atoms with E-state index in [0.717, 1.165) is 24.2 Å². The molecule has 1 heterocycles. The standard InChI is InChI=1S/C17H18FNO/c18-14-9-7-13(8-10-14)17(19-11-3-4-12-19)15-5-1-2-6-16(15)20/h1-2,5-10,17,20H,3-4,11-12H2. The SMILES string of the molecule is Oc1ccccc1C(c1ccc(F)cc1)N1CCCC1. The molecule has 104 valence electrons. The van der Waals surface area contributed by atoms with Crippen LogP contribution in [0, 0.1) is 5.82 Å². The molecule has 3 heteroatoms. The first-order chi connectivity index (χ1) is 9.75. The molecule has 20 heavy (non-hydrogen) atoms. The molecule has 3 rings (SSSR count). The minimum absolute atomic E-state index is 0.000648. The zero-order chi connectivity index (χ0) is 13.9. The third-order valence-corrected chi connectivity index (χ3v) is 3.92. The highest BCUT2D eigenvalue weighted by Crippen LogP contribution is 2.35. The van der Waals surface area contributed by atoms with Gasteiger partial charge in [-0.1, -0.05) is 30.3 Å². The van der Waals surface area contributed by atoms with Gasteiger partial charge in [0.25, 0.3) is 0 Å². The summed E-state index contributed by atoms with van der Waals surface area (Å²) < 4.78 is 13.1. The van der Waals surface area contributed by atoms with Crippen molar-refractivity contribution in [2.45, 2.75) is 18.9 Å². The van der Waals surface area contributed by atoms with E-state index in [2.05, 4.69) is 4.90 Å². The Balaban J connectivity index is 2.04. The minimum atomic E-state index is -0.230. The van der Waals surface area contributed by atoms with Crippen LogP contribution >= 0.6 is 0 Å². The molecule has 1 aliphatic rings. The molecule has 1 atom stereocenters. The fourth-order valence-corrected chi connectivity index (χ4v) is 2.95.